The number of amides is 1. The molecule has 0 spiro atoms. The molecular formula is C20H24N2O5. The van der Waals surface area contributed by atoms with Crippen LogP contribution < -0.4 is 14.8 Å². The number of unbranched alkanes of at least 4 members (excludes halogenated alkanes) is 1. The summed E-state index contributed by atoms with van der Waals surface area (Å²) in [7, 11) is 1.57. The van der Waals surface area contributed by atoms with Crippen molar-refractivity contribution in [3.8, 4) is 11.5 Å². The van der Waals surface area contributed by atoms with Crippen LogP contribution in [0.2, 0.25) is 0 Å². The Hall–Kier alpha value is -3.09. The van der Waals surface area contributed by atoms with Crippen LogP contribution >= 0.6 is 0 Å². The molecule has 144 valence electrons. The van der Waals surface area contributed by atoms with Gasteiger partial charge >= 0.3 is 5.97 Å². The van der Waals surface area contributed by atoms with Crippen molar-refractivity contribution in [2.45, 2.75) is 33.2 Å². The lowest BCUT2D eigenvalue weighted by Crippen LogP contribution is -2.24. The predicted octanol–water partition coefficient (Wildman–Crippen LogP) is 3.21. The van der Waals surface area contributed by atoms with Crippen LogP contribution in [0.5, 0.6) is 11.5 Å². The van der Waals surface area contributed by atoms with E-state index in [-0.39, 0.29) is 23.7 Å². The largest absolute Gasteiger partial charge is 0.493 e. The smallest absolute Gasteiger partial charge is 0.337 e. The topological polar surface area (TPSA) is 97.8 Å². The molecule has 2 rings (SSSR count). The lowest BCUT2D eigenvalue weighted by Gasteiger charge is -2.12. The predicted molar refractivity (Wildman–Crippen MR) is 101 cm³/mol. The van der Waals surface area contributed by atoms with E-state index in [1.165, 1.54) is 12.1 Å². The number of nitrogens with one attached hydrogen (secondary N) is 1. The number of ether oxygens (including phenoxy) is 2. The molecule has 0 aliphatic heterocycles. The molecule has 7 heteroatoms. The van der Waals surface area contributed by atoms with Crippen molar-refractivity contribution in [1.29, 1.82) is 0 Å². The molecule has 0 saturated carbocycles. The van der Waals surface area contributed by atoms with Crippen LogP contribution in [0.15, 0.2) is 30.3 Å². The number of carbonyl (C=O) groups excluding carboxylic acids is 1. The molecule has 0 aliphatic rings. The average molecular weight is 372 g/mol. The van der Waals surface area contributed by atoms with Gasteiger partial charge in [0.15, 0.2) is 11.5 Å². The summed E-state index contributed by atoms with van der Waals surface area (Å²) >= 11 is 0. The van der Waals surface area contributed by atoms with Crippen molar-refractivity contribution in [1.82, 2.24) is 10.3 Å². The Kier molecular flexibility index (Phi) is 7.16. The van der Waals surface area contributed by atoms with Crippen LogP contribution in [-0.4, -0.2) is 35.7 Å². The molecule has 0 aliphatic carbocycles. The highest BCUT2D eigenvalue weighted by molar-refractivity contribution is 5.94. The van der Waals surface area contributed by atoms with Gasteiger partial charge in [0.25, 0.3) is 5.91 Å². The molecule has 0 radical (unpaired) electrons. The maximum atomic E-state index is 12.3. The van der Waals surface area contributed by atoms with Crippen molar-refractivity contribution < 1.29 is 24.2 Å². The highest BCUT2D eigenvalue weighted by Crippen LogP contribution is 2.28. The summed E-state index contributed by atoms with van der Waals surface area (Å²) < 4.78 is 11.0. The second-order valence-corrected chi connectivity index (χ2v) is 6.00. The number of aryl methyl sites for hydroxylation is 1. The van der Waals surface area contributed by atoms with Crippen LogP contribution in [0.1, 0.15) is 51.9 Å². The minimum Gasteiger partial charge on any atom is -0.493 e. The lowest BCUT2D eigenvalue weighted by molar-refractivity contribution is 0.0694. The number of benzene rings is 1. The number of hydrogen-bond donors (Lipinski definition) is 2. The number of aromatic carboxylic acids is 1. The van der Waals surface area contributed by atoms with Gasteiger partial charge in [-0.1, -0.05) is 19.4 Å². The number of aromatic nitrogens is 1. The number of pyridine rings is 1. The van der Waals surface area contributed by atoms with Crippen LogP contribution in [0.4, 0.5) is 0 Å². The van der Waals surface area contributed by atoms with E-state index in [2.05, 4.69) is 17.2 Å². The molecule has 0 fully saturated rings. The van der Waals surface area contributed by atoms with Gasteiger partial charge in [-0.25, -0.2) is 9.78 Å². The highest BCUT2D eigenvalue weighted by Gasteiger charge is 2.13. The molecule has 1 aromatic heterocycles. The quantitative estimate of drug-likeness (QED) is 0.656. The molecule has 1 aromatic carbocycles. The number of methoxy groups -OCH3 is 1. The molecule has 1 amide bonds. The molecule has 0 bridgehead atoms. The van der Waals surface area contributed by atoms with Gasteiger partial charge < -0.3 is 19.9 Å². The molecule has 27 heavy (non-hydrogen) atoms. The van der Waals surface area contributed by atoms with E-state index in [1.54, 1.807) is 14.0 Å². The zero-order valence-electron chi connectivity index (χ0n) is 15.7. The second kappa shape index (κ2) is 9.56. The van der Waals surface area contributed by atoms with E-state index < -0.39 is 5.97 Å². The maximum Gasteiger partial charge on any atom is 0.337 e. The number of hydrogen-bond acceptors (Lipinski definition) is 5. The number of rotatable bonds is 9. The van der Waals surface area contributed by atoms with E-state index in [9.17, 15) is 9.59 Å². The van der Waals surface area contributed by atoms with Crippen LogP contribution in [0.25, 0.3) is 0 Å². The lowest BCUT2D eigenvalue weighted by atomic mass is 10.1. The van der Waals surface area contributed by atoms with Gasteiger partial charge in [-0.3, -0.25) is 4.79 Å². The molecule has 1 heterocycles. The number of carboxylic acid groups (broad SMARTS) is 1. The summed E-state index contributed by atoms with van der Waals surface area (Å²) in [6.07, 6.45) is 2.02. The van der Waals surface area contributed by atoms with Crippen LogP contribution in [-0.2, 0) is 6.54 Å². The second-order valence-electron chi connectivity index (χ2n) is 6.00. The summed E-state index contributed by atoms with van der Waals surface area (Å²) in [5.74, 6) is -0.169. The van der Waals surface area contributed by atoms with Gasteiger partial charge in [-0.15, -0.1) is 0 Å². The van der Waals surface area contributed by atoms with Crippen molar-refractivity contribution >= 4 is 11.9 Å². The third-order valence-electron chi connectivity index (χ3n) is 3.99. The third-order valence-corrected chi connectivity index (χ3v) is 3.99. The first-order valence-corrected chi connectivity index (χ1v) is 8.75. The normalized spacial score (nSPS) is 10.3. The summed E-state index contributed by atoms with van der Waals surface area (Å²) in [5, 5.41) is 11.8. The van der Waals surface area contributed by atoms with Gasteiger partial charge in [0.05, 0.1) is 25.0 Å². The first-order chi connectivity index (χ1) is 13.0. The average Bonchev–Trinajstić information content (AvgIpc) is 2.66. The first-order valence-electron chi connectivity index (χ1n) is 8.75. The zero-order chi connectivity index (χ0) is 19.8. The molecule has 0 unspecified atom stereocenters. The minimum atomic E-state index is -1.07. The van der Waals surface area contributed by atoms with Crippen molar-refractivity contribution in [2.24, 2.45) is 0 Å². The van der Waals surface area contributed by atoms with Crippen LogP contribution in [0.3, 0.4) is 0 Å². The standard InChI is InChI=1S/C20H24N2O5/c1-4-5-10-27-17-9-6-14(11-18(17)26-3)12-21-19(23)16-8-7-15(20(24)25)13(2)22-16/h6-9,11H,4-5,10,12H2,1-3H3,(H,21,23)(H,24,25). The fourth-order valence-electron chi connectivity index (χ4n) is 2.45. The molecule has 2 N–H and O–H groups in total. The molecule has 7 nitrogen and oxygen atoms in total. The summed E-state index contributed by atoms with van der Waals surface area (Å²) in [6, 6.07) is 8.27. The Morgan fingerprint density at radius 3 is 2.59 bits per heavy atom. The Balaban J connectivity index is 2.02. The van der Waals surface area contributed by atoms with E-state index in [1.807, 2.05) is 18.2 Å². The zero-order valence-corrected chi connectivity index (χ0v) is 15.7. The number of carboxylic acids is 1. The van der Waals surface area contributed by atoms with Gasteiger partial charge in [-0.2, -0.15) is 0 Å². The van der Waals surface area contributed by atoms with Gasteiger partial charge in [-0.05, 0) is 43.2 Å². The van der Waals surface area contributed by atoms with E-state index in [0.29, 0.717) is 23.8 Å². The van der Waals surface area contributed by atoms with E-state index >= 15 is 0 Å². The van der Waals surface area contributed by atoms with Crippen molar-refractivity contribution in [2.75, 3.05) is 13.7 Å². The van der Waals surface area contributed by atoms with E-state index in [0.717, 1.165) is 18.4 Å². The van der Waals surface area contributed by atoms with Crippen LogP contribution in [0, 0.1) is 6.92 Å². The van der Waals surface area contributed by atoms with Crippen molar-refractivity contribution in [3.63, 3.8) is 0 Å². The molecule has 0 saturated heterocycles. The minimum absolute atomic E-state index is 0.0787. The van der Waals surface area contributed by atoms with Gasteiger partial charge in [0.1, 0.15) is 5.69 Å². The van der Waals surface area contributed by atoms with Crippen molar-refractivity contribution in [3.05, 3.63) is 52.8 Å². The summed E-state index contributed by atoms with van der Waals surface area (Å²) in [6.45, 7) is 4.56. The Bertz CT molecular complexity index is 820. The highest BCUT2D eigenvalue weighted by atomic mass is 16.5. The molecule has 2 aromatic rings. The summed E-state index contributed by atoms with van der Waals surface area (Å²) in [5.41, 5.74) is 1.39. The van der Waals surface area contributed by atoms with E-state index in [4.69, 9.17) is 14.6 Å². The number of nitrogens with zero attached hydrogens (tertiary/aromatic N) is 1. The Morgan fingerprint density at radius 1 is 1.19 bits per heavy atom. The fourth-order valence-corrected chi connectivity index (χ4v) is 2.45. The maximum absolute atomic E-state index is 12.3. The number of carbonyl (C=O) groups is 2. The Labute approximate surface area is 158 Å². The fraction of sp³-hybridized carbons (Fsp3) is 0.350. The SMILES string of the molecule is CCCCOc1ccc(CNC(=O)c2ccc(C(=O)O)c(C)n2)cc1OC. The Morgan fingerprint density at radius 2 is 1.96 bits per heavy atom. The first kappa shape index (κ1) is 20.2. The molecular weight excluding hydrogens is 348 g/mol. The van der Waals surface area contributed by atoms with Gasteiger partial charge in [0, 0.05) is 6.54 Å². The van der Waals surface area contributed by atoms with Gasteiger partial charge in [0.2, 0.25) is 0 Å². The summed E-state index contributed by atoms with van der Waals surface area (Å²) in [4.78, 5) is 27.4. The molecule has 0 atom stereocenters. The monoisotopic (exact) mass is 372 g/mol. The third kappa shape index (κ3) is 5.44.